The maximum absolute atomic E-state index is 6.68. The van der Waals surface area contributed by atoms with Gasteiger partial charge in [0, 0.05) is 22.3 Å². The summed E-state index contributed by atoms with van der Waals surface area (Å²) in [7, 11) is 0. The molecule has 0 radical (unpaired) electrons. The van der Waals surface area contributed by atoms with E-state index in [1.54, 1.807) is 0 Å². The molecule has 1 aromatic heterocycles. The molecule has 0 fully saturated rings. The van der Waals surface area contributed by atoms with E-state index in [2.05, 4.69) is 152 Å². The maximum atomic E-state index is 6.68. The molecule has 202 valence electrons. The topological polar surface area (TPSA) is 22.4 Å². The molecule has 7 aromatic rings. The van der Waals surface area contributed by atoms with Gasteiger partial charge in [-0.3, -0.25) is 0 Å². The van der Waals surface area contributed by atoms with Gasteiger partial charge in [-0.05, 0) is 57.6 Å². The van der Waals surface area contributed by atoms with E-state index in [1.165, 1.54) is 33.4 Å². The third kappa shape index (κ3) is 3.41. The van der Waals surface area contributed by atoms with Crippen molar-refractivity contribution in [1.82, 2.24) is 0 Å². The normalized spacial score (nSPS) is 13.5. The number of rotatable bonds is 3. The molecule has 0 saturated heterocycles. The Bertz CT molecular complexity index is 2120. The number of furan rings is 1. The Hall–Kier alpha value is -5.60. The van der Waals surface area contributed by atoms with E-state index in [9.17, 15) is 0 Å². The van der Waals surface area contributed by atoms with Crippen molar-refractivity contribution in [2.24, 2.45) is 0 Å². The predicted molar refractivity (Wildman–Crippen MR) is 172 cm³/mol. The summed E-state index contributed by atoms with van der Waals surface area (Å²) in [6.07, 6.45) is 0. The molecule has 2 nitrogen and oxygen atoms in total. The lowest BCUT2D eigenvalue weighted by molar-refractivity contribution is 0.436. The molecular formula is C41H26O2. The van der Waals surface area contributed by atoms with E-state index >= 15 is 0 Å². The molecule has 2 heterocycles. The molecule has 2 aliphatic rings. The van der Waals surface area contributed by atoms with Crippen LogP contribution in [0.1, 0.15) is 22.3 Å². The zero-order valence-electron chi connectivity index (χ0n) is 23.3. The molecule has 43 heavy (non-hydrogen) atoms. The van der Waals surface area contributed by atoms with Crippen LogP contribution >= 0.6 is 0 Å². The summed E-state index contributed by atoms with van der Waals surface area (Å²) in [5.74, 6) is 3.39. The Morgan fingerprint density at radius 2 is 0.907 bits per heavy atom. The molecule has 1 spiro atoms. The standard InChI is InChI=1S/C41H26O2/c1-2-12-27(13-3-1)29-14-4-5-17-32(29)38-25-24-37(42-38)28-22-23-36-40(26-28)43-39-21-11-10-20-35(39)41(36)33-18-8-6-15-30(33)31-16-7-9-19-34(31)41/h1-26H. The molecule has 2 heteroatoms. The Morgan fingerprint density at radius 1 is 0.349 bits per heavy atom. The van der Waals surface area contributed by atoms with Crippen LogP contribution in [0.15, 0.2) is 162 Å². The number of benzene rings is 6. The first-order valence-corrected chi connectivity index (χ1v) is 14.7. The minimum atomic E-state index is -0.459. The Kier molecular flexibility index (Phi) is 5.15. The summed E-state index contributed by atoms with van der Waals surface area (Å²) < 4.78 is 13.2. The molecular weight excluding hydrogens is 524 g/mol. The van der Waals surface area contributed by atoms with E-state index in [1.807, 2.05) is 6.07 Å². The number of hydrogen-bond donors (Lipinski definition) is 0. The monoisotopic (exact) mass is 550 g/mol. The smallest absolute Gasteiger partial charge is 0.135 e. The molecule has 1 aliphatic heterocycles. The zero-order chi connectivity index (χ0) is 28.4. The lowest BCUT2D eigenvalue weighted by atomic mass is 9.66. The van der Waals surface area contributed by atoms with Crippen LogP contribution in [-0.2, 0) is 5.41 Å². The van der Waals surface area contributed by atoms with Crippen molar-refractivity contribution in [3.05, 3.63) is 180 Å². The second-order valence-corrected chi connectivity index (χ2v) is 11.2. The highest BCUT2D eigenvalue weighted by atomic mass is 16.5. The lowest BCUT2D eigenvalue weighted by Gasteiger charge is -2.39. The van der Waals surface area contributed by atoms with Gasteiger partial charge in [-0.15, -0.1) is 0 Å². The van der Waals surface area contributed by atoms with E-state index in [4.69, 9.17) is 9.15 Å². The second-order valence-electron chi connectivity index (χ2n) is 11.2. The number of fused-ring (bicyclic) bond motifs is 9. The van der Waals surface area contributed by atoms with Crippen LogP contribution in [0.2, 0.25) is 0 Å². The first kappa shape index (κ1) is 24.0. The first-order chi connectivity index (χ1) is 21.3. The molecule has 0 atom stereocenters. The van der Waals surface area contributed by atoms with Gasteiger partial charge in [-0.1, -0.05) is 133 Å². The van der Waals surface area contributed by atoms with Crippen molar-refractivity contribution >= 4 is 0 Å². The van der Waals surface area contributed by atoms with Gasteiger partial charge in [0.15, 0.2) is 0 Å². The number of hydrogen-bond acceptors (Lipinski definition) is 2. The molecule has 0 amide bonds. The van der Waals surface area contributed by atoms with E-state index < -0.39 is 5.41 Å². The first-order valence-electron chi connectivity index (χ1n) is 14.7. The van der Waals surface area contributed by atoms with Crippen molar-refractivity contribution in [2.45, 2.75) is 5.41 Å². The third-order valence-corrected chi connectivity index (χ3v) is 9.02. The van der Waals surface area contributed by atoms with Crippen molar-refractivity contribution in [1.29, 1.82) is 0 Å². The summed E-state index contributed by atoms with van der Waals surface area (Å²) in [4.78, 5) is 0. The minimum absolute atomic E-state index is 0.459. The largest absolute Gasteiger partial charge is 0.457 e. The van der Waals surface area contributed by atoms with E-state index in [0.29, 0.717) is 0 Å². The predicted octanol–water partition coefficient (Wildman–Crippen LogP) is 10.7. The Balaban J connectivity index is 1.21. The summed E-state index contributed by atoms with van der Waals surface area (Å²) in [5.41, 5.74) is 11.4. The highest BCUT2D eigenvalue weighted by Gasteiger charge is 2.50. The summed E-state index contributed by atoms with van der Waals surface area (Å²) >= 11 is 0. The third-order valence-electron chi connectivity index (χ3n) is 9.02. The fraction of sp³-hybridized carbons (Fsp3) is 0.0244. The molecule has 1 aliphatic carbocycles. The van der Waals surface area contributed by atoms with Crippen LogP contribution < -0.4 is 4.74 Å². The van der Waals surface area contributed by atoms with Gasteiger partial charge in [0.2, 0.25) is 0 Å². The van der Waals surface area contributed by atoms with Crippen LogP contribution in [0.3, 0.4) is 0 Å². The van der Waals surface area contributed by atoms with Gasteiger partial charge in [0.25, 0.3) is 0 Å². The fourth-order valence-electron chi connectivity index (χ4n) is 7.22. The van der Waals surface area contributed by atoms with Crippen molar-refractivity contribution in [3.8, 4) is 56.4 Å². The summed E-state index contributed by atoms with van der Waals surface area (Å²) in [5, 5.41) is 0. The van der Waals surface area contributed by atoms with E-state index in [0.717, 1.165) is 45.3 Å². The van der Waals surface area contributed by atoms with E-state index in [-0.39, 0.29) is 0 Å². The van der Waals surface area contributed by atoms with Crippen molar-refractivity contribution in [2.75, 3.05) is 0 Å². The van der Waals surface area contributed by atoms with Crippen LogP contribution in [0.5, 0.6) is 11.5 Å². The zero-order valence-corrected chi connectivity index (χ0v) is 23.3. The van der Waals surface area contributed by atoms with Gasteiger partial charge in [0.1, 0.15) is 23.0 Å². The SMILES string of the molecule is c1ccc(-c2ccccc2-c2ccc(-c3ccc4c(c3)Oc3ccccc3C43c4ccccc4-c4ccccc43)o2)cc1. The molecule has 0 saturated carbocycles. The minimum Gasteiger partial charge on any atom is -0.457 e. The fourth-order valence-corrected chi connectivity index (χ4v) is 7.22. The van der Waals surface area contributed by atoms with Crippen LogP contribution in [-0.4, -0.2) is 0 Å². The molecule has 9 rings (SSSR count). The van der Waals surface area contributed by atoms with Gasteiger partial charge >= 0.3 is 0 Å². The van der Waals surface area contributed by atoms with Crippen LogP contribution in [0, 0.1) is 0 Å². The maximum Gasteiger partial charge on any atom is 0.135 e. The van der Waals surface area contributed by atoms with Gasteiger partial charge in [-0.25, -0.2) is 0 Å². The number of ether oxygens (including phenoxy) is 1. The molecule has 0 N–H and O–H groups in total. The van der Waals surface area contributed by atoms with Crippen LogP contribution in [0.25, 0.3) is 44.9 Å². The quantitative estimate of drug-likeness (QED) is 0.218. The molecule has 6 aromatic carbocycles. The highest BCUT2D eigenvalue weighted by Crippen LogP contribution is 2.62. The average Bonchev–Trinajstić information content (AvgIpc) is 3.68. The average molecular weight is 551 g/mol. The van der Waals surface area contributed by atoms with Gasteiger partial charge in [-0.2, -0.15) is 0 Å². The summed E-state index contributed by atoms with van der Waals surface area (Å²) in [6.45, 7) is 0. The lowest BCUT2D eigenvalue weighted by Crippen LogP contribution is -2.32. The second kappa shape index (κ2) is 9.20. The Labute approximate surface area is 250 Å². The van der Waals surface area contributed by atoms with Crippen LogP contribution in [0.4, 0.5) is 0 Å². The highest BCUT2D eigenvalue weighted by molar-refractivity contribution is 5.89. The van der Waals surface area contributed by atoms with Gasteiger partial charge < -0.3 is 9.15 Å². The number of para-hydroxylation sites is 1. The molecule has 0 bridgehead atoms. The molecule has 0 unspecified atom stereocenters. The summed E-state index contributed by atoms with van der Waals surface area (Å²) in [6, 6.07) is 55.6. The van der Waals surface area contributed by atoms with Crippen molar-refractivity contribution < 1.29 is 9.15 Å². The van der Waals surface area contributed by atoms with Gasteiger partial charge in [0.05, 0.1) is 5.41 Å². The Morgan fingerprint density at radius 3 is 1.65 bits per heavy atom. The van der Waals surface area contributed by atoms with Crippen molar-refractivity contribution in [3.63, 3.8) is 0 Å².